The van der Waals surface area contributed by atoms with Crippen LogP contribution in [0.3, 0.4) is 0 Å². The summed E-state index contributed by atoms with van der Waals surface area (Å²) in [7, 11) is 0. The molecule has 1 rings (SSSR count). The average Bonchev–Trinajstić information content (AvgIpc) is 2.97. The highest BCUT2D eigenvalue weighted by molar-refractivity contribution is 5.29. The maximum absolute atomic E-state index is 5.16. The Kier molecular flexibility index (Phi) is 6.92. The number of hydrogen-bond donors (Lipinski definition) is 1. The minimum absolute atomic E-state index is 0.127. The summed E-state index contributed by atoms with van der Waals surface area (Å²) in [5.74, 6) is 2.30. The normalized spacial score (nSPS) is 14.5. The second kappa shape index (κ2) is 7.85. The number of unbranched alkanes of at least 4 members (excludes halogenated alkanes) is 1. The molecule has 1 N–H and O–H groups in total. The first-order valence-corrected chi connectivity index (χ1v) is 9.73. The minimum atomic E-state index is 0.127. The molecule has 0 spiro atoms. The first-order valence-electron chi connectivity index (χ1n) is 9.73. The lowest BCUT2D eigenvalue weighted by molar-refractivity contribution is 0.408. The molecule has 134 valence electrons. The third-order valence-corrected chi connectivity index (χ3v) is 6.12. The van der Waals surface area contributed by atoms with Crippen LogP contribution < -0.4 is 0 Å². The predicted molar refractivity (Wildman–Crippen MR) is 102 cm³/mol. The Morgan fingerprint density at radius 1 is 1.00 bits per heavy atom. The molecule has 0 fully saturated rings. The summed E-state index contributed by atoms with van der Waals surface area (Å²) in [5.41, 5.74) is 3.03. The molecule has 1 aromatic rings. The summed E-state index contributed by atoms with van der Waals surface area (Å²) >= 11 is 0. The highest BCUT2D eigenvalue weighted by atomic mass is 15.0. The van der Waals surface area contributed by atoms with E-state index in [1.165, 1.54) is 36.5 Å². The number of aromatic amines is 1. The zero-order valence-electron chi connectivity index (χ0n) is 17.1. The van der Waals surface area contributed by atoms with Crippen LogP contribution in [0, 0.1) is 5.92 Å². The number of H-pyrrole nitrogens is 1. The molecule has 2 heteroatoms. The van der Waals surface area contributed by atoms with Crippen LogP contribution in [0.2, 0.25) is 0 Å². The summed E-state index contributed by atoms with van der Waals surface area (Å²) in [6.07, 6.45) is 6.00. The largest absolute Gasteiger partial charge is 0.345 e. The Morgan fingerprint density at radius 2 is 1.57 bits per heavy atom. The molecule has 0 bridgehead atoms. The van der Waals surface area contributed by atoms with E-state index in [0.717, 1.165) is 12.8 Å². The van der Waals surface area contributed by atoms with Crippen LogP contribution in [0.1, 0.15) is 118 Å². The first-order chi connectivity index (χ1) is 10.6. The Morgan fingerprint density at radius 3 is 2.00 bits per heavy atom. The molecule has 0 amide bonds. The third-order valence-electron chi connectivity index (χ3n) is 6.12. The van der Waals surface area contributed by atoms with Crippen LogP contribution in [-0.4, -0.2) is 9.97 Å². The molecule has 1 atom stereocenters. The number of aromatic nitrogens is 2. The van der Waals surface area contributed by atoms with Crippen LogP contribution in [0.4, 0.5) is 0 Å². The van der Waals surface area contributed by atoms with E-state index >= 15 is 0 Å². The lowest BCUT2D eigenvalue weighted by atomic mass is 9.77. The average molecular weight is 321 g/mol. The van der Waals surface area contributed by atoms with Crippen LogP contribution in [-0.2, 0) is 10.8 Å². The molecule has 0 aliphatic heterocycles. The topological polar surface area (TPSA) is 28.7 Å². The molecule has 0 aliphatic carbocycles. The Hall–Kier alpha value is -0.790. The van der Waals surface area contributed by atoms with Crippen LogP contribution in [0.15, 0.2) is 0 Å². The van der Waals surface area contributed by atoms with Gasteiger partial charge in [-0.05, 0) is 25.2 Å². The molecule has 0 radical (unpaired) electrons. The van der Waals surface area contributed by atoms with Crippen molar-refractivity contribution >= 4 is 0 Å². The van der Waals surface area contributed by atoms with Crippen molar-refractivity contribution in [1.82, 2.24) is 9.97 Å². The van der Waals surface area contributed by atoms with Crippen molar-refractivity contribution in [3.63, 3.8) is 0 Å². The molecule has 2 nitrogen and oxygen atoms in total. The monoisotopic (exact) mass is 320 g/mol. The van der Waals surface area contributed by atoms with Crippen molar-refractivity contribution in [2.75, 3.05) is 0 Å². The van der Waals surface area contributed by atoms with Gasteiger partial charge in [0.1, 0.15) is 5.82 Å². The van der Waals surface area contributed by atoms with Gasteiger partial charge in [-0.1, -0.05) is 75.2 Å². The lowest BCUT2D eigenvalue weighted by Crippen LogP contribution is -2.24. The fourth-order valence-corrected chi connectivity index (χ4v) is 3.15. The molecule has 1 aromatic heterocycles. The predicted octanol–water partition coefficient (Wildman–Crippen LogP) is 6.71. The summed E-state index contributed by atoms with van der Waals surface area (Å²) in [4.78, 5) is 8.96. The fraction of sp³-hybridized carbons (Fsp3) is 0.857. The van der Waals surface area contributed by atoms with Crippen LogP contribution >= 0.6 is 0 Å². The van der Waals surface area contributed by atoms with E-state index in [-0.39, 0.29) is 10.8 Å². The molecule has 0 saturated heterocycles. The smallest absolute Gasteiger partial charge is 0.112 e. The summed E-state index contributed by atoms with van der Waals surface area (Å²) in [5, 5.41) is 0. The van der Waals surface area contributed by atoms with Crippen molar-refractivity contribution in [3.05, 3.63) is 17.2 Å². The van der Waals surface area contributed by atoms with Gasteiger partial charge >= 0.3 is 0 Å². The van der Waals surface area contributed by atoms with E-state index in [0.29, 0.717) is 11.8 Å². The van der Waals surface area contributed by atoms with Gasteiger partial charge < -0.3 is 4.98 Å². The molecule has 23 heavy (non-hydrogen) atoms. The number of hydrogen-bond acceptors (Lipinski definition) is 1. The highest BCUT2D eigenvalue weighted by Gasteiger charge is 2.34. The van der Waals surface area contributed by atoms with E-state index in [1.54, 1.807) is 0 Å². The quantitative estimate of drug-likeness (QED) is 0.538. The van der Waals surface area contributed by atoms with Gasteiger partial charge in [-0.2, -0.15) is 0 Å². The molecular weight excluding hydrogens is 280 g/mol. The second-order valence-corrected chi connectivity index (χ2v) is 8.63. The van der Waals surface area contributed by atoms with E-state index in [1.807, 2.05) is 0 Å². The van der Waals surface area contributed by atoms with Gasteiger partial charge in [0.25, 0.3) is 0 Å². The van der Waals surface area contributed by atoms with E-state index < -0.39 is 0 Å². The summed E-state index contributed by atoms with van der Waals surface area (Å²) < 4.78 is 0. The number of imidazole rings is 1. The molecule has 1 heterocycles. The van der Waals surface area contributed by atoms with Crippen LogP contribution in [0.25, 0.3) is 0 Å². The van der Waals surface area contributed by atoms with Crippen molar-refractivity contribution in [1.29, 1.82) is 0 Å². The molecule has 1 unspecified atom stereocenters. The Balaban J connectivity index is 3.38. The van der Waals surface area contributed by atoms with E-state index in [2.05, 4.69) is 67.3 Å². The number of nitrogens with zero attached hydrogens (tertiary/aromatic N) is 1. The van der Waals surface area contributed by atoms with Gasteiger partial charge in [-0.25, -0.2) is 4.98 Å². The highest BCUT2D eigenvalue weighted by Crippen LogP contribution is 2.39. The third kappa shape index (κ3) is 4.39. The van der Waals surface area contributed by atoms with Gasteiger partial charge in [-0.3, -0.25) is 0 Å². The SMILES string of the molecule is CCCCC(C)(C)c1nc(C(C)C(C)C)c(C(C)(CC)CC)[nH]1. The van der Waals surface area contributed by atoms with Gasteiger partial charge in [0.2, 0.25) is 0 Å². The maximum Gasteiger partial charge on any atom is 0.112 e. The van der Waals surface area contributed by atoms with Crippen molar-refractivity contribution in [2.45, 2.75) is 111 Å². The molecule has 0 saturated carbocycles. The minimum Gasteiger partial charge on any atom is -0.345 e. The second-order valence-electron chi connectivity index (χ2n) is 8.63. The van der Waals surface area contributed by atoms with Gasteiger partial charge in [-0.15, -0.1) is 0 Å². The van der Waals surface area contributed by atoms with Crippen molar-refractivity contribution in [3.8, 4) is 0 Å². The molecular formula is C21H40N2. The zero-order chi connectivity index (χ0) is 17.8. The van der Waals surface area contributed by atoms with Crippen molar-refractivity contribution in [2.24, 2.45) is 5.92 Å². The van der Waals surface area contributed by atoms with Crippen molar-refractivity contribution < 1.29 is 0 Å². The Labute approximate surface area is 144 Å². The van der Waals surface area contributed by atoms with E-state index in [4.69, 9.17) is 4.98 Å². The maximum atomic E-state index is 5.16. The molecule has 0 aliphatic rings. The standard InChI is InChI=1S/C21H40N2/c1-10-13-14-20(7,8)19-22-17(16(6)15(4)5)18(23-19)21(9,11-2)12-3/h15-16H,10-14H2,1-9H3,(H,22,23). The molecule has 0 aromatic carbocycles. The summed E-state index contributed by atoms with van der Waals surface area (Å²) in [6.45, 7) is 20.9. The lowest BCUT2D eigenvalue weighted by Gasteiger charge is -2.29. The van der Waals surface area contributed by atoms with Gasteiger partial charge in [0.05, 0.1) is 5.69 Å². The summed E-state index contributed by atoms with van der Waals surface area (Å²) in [6, 6.07) is 0. The van der Waals surface area contributed by atoms with E-state index in [9.17, 15) is 0 Å². The number of nitrogens with one attached hydrogen (secondary N) is 1. The zero-order valence-corrected chi connectivity index (χ0v) is 17.1. The first kappa shape index (κ1) is 20.3. The Bertz CT molecular complexity index is 478. The van der Waals surface area contributed by atoms with Gasteiger partial charge in [0, 0.05) is 22.4 Å². The van der Waals surface area contributed by atoms with Crippen LogP contribution in [0.5, 0.6) is 0 Å². The van der Waals surface area contributed by atoms with Gasteiger partial charge in [0.15, 0.2) is 0 Å². The fourth-order valence-electron chi connectivity index (χ4n) is 3.15. The number of rotatable bonds is 9.